The molecule has 0 bridgehead atoms. The van der Waals surface area contributed by atoms with E-state index in [0.29, 0.717) is 0 Å². The van der Waals surface area contributed by atoms with E-state index >= 15 is 0 Å². The fourth-order valence-corrected chi connectivity index (χ4v) is 1.99. The predicted molar refractivity (Wildman–Crippen MR) is 75.5 cm³/mol. The van der Waals surface area contributed by atoms with Crippen LogP contribution in [0.1, 0.15) is 19.4 Å². The lowest BCUT2D eigenvalue weighted by Crippen LogP contribution is -2.31. The first-order chi connectivity index (χ1) is 8.12. The summed E-state index contributed by atoms with van der Waals surface area (Å²) in [5, 5.41) is 4.70. The van der Waals surface area contributed by atoms with Gasteiger partial charge >= 0.3 is 0 Å². The Bertz CT molecular complexity index is 490. The molecule has 0 fully saturated rings. The number of hydrogen-bond acceptors (Lipinski definition) is 3. The number of nitrogens with one attached hydrogen (secondary N) is 1. The lowest BCUT2D eigenvalue weighted by molar-refractivity contribution is 0.576. The highest BCUT2D eigenvalue weighted by molar-refractivity contribution is 7.99. The zero-order chi connectivity index (χ0) is 12.3. The molecule has 1 aromatic carbocycles. The molecule has 0 unspecified atom stereocenters. The molecule has 0 saturated carbocycles. The van der Waals surface area contributed by atoms with Crippen molar-refractivity contribution in [2.75, 3.05) is 12.8 Å². The first-order valence-electron chi connectivity index (χ1n) is 5.83. The van der Waals surface area contributed by atoms with Crippen LogP contribution in [0, 0.1) is 0 Å². The molecule has 0 atom stereocenters. The molecule has 1 heterocycles. The minimum absolute atomic E-state index is 0.277. The van der Waals surface area contributed by atoms with Gasteiger partial charge in [-0.25, -0.2) is 0 Å². The van der Waals surface area contributed by atoms with Gasteiger partial charge in [0.25, 0.3) is 0 Å². The highest BCUT2D eigenvalue weighted by atomic mass is 32.2. The van der Waals surface area contributed by atoms with Gasteiger partial charge in [-0.05, 0) is 26.2 Å². The molecule has 2 aromatic rings. The summed E-state index contributed by atoms with van der Waals surface area (Å²) in [5.74, 6) is 0. The largest absolute Gasteiger partial charge is 0.464 e. The number of thioether (sulfide) groups is 1. The van der Waals surface area contributed by atoms with Gasteiger partial charge in [0.05, 0.1) is 6.26 Å². The van der Waals surface area contributed by atoms with Crippen molar-refractivity contribution < 1.29 is 4.42 Å². The summed E-state index contributed by atoms with van der Waals surface area (Å²) in [4.78, 5) is 0. The van der Waals surface area contributed by atoms with Gasteiger partial charge in [0, 0.05) is 28.8 Å². The van der Waals surface area contributed by atoms with Crippen LogP contribution >= 0.6 is 11.8 Å². The molecule has 17 heavy (non-hydrogen) atoms. The van der Waals surface area contributed by atoms with Gasteiger partial charge in [0.2, 0.25) is 0 Å². The summed E-state index contributed by atoms with van der Waals surface area (Å²) in [7, 11) is 0. The summed E-state index contributed by atoms with van der Waals surface area (Å²) < 4.78 is 5.79. The van der Waals surface area contributed by atoms with E-state index in [9.17, 15) is 0 Å². The van der Waals surface area contributed by atoms with Crippen LogP contribution in [0.2, 0.25) is 0 Å². The second kappa shape index (κ2) is 5.15. The van der Waals surface area contributed by atoms with Crippen LogP contribution in [0.15, 0.2) is 34.9 Å². The third-order valence-electron chi connectivity index (χ3n) is 2.98. The average molecular weight is 249 g/mol. The normalized spacial score (nSPS) is 12.2. The van der Waals surface area contributed by atoms with Crippen molar-refractivity contribution in [3.63, 3.8) is 0 Å². The highest BCUT2D eigenvalue weighted by Gasteiger charge is 2.15. The van der Waals surface area contributed by atoms with Gasteiger partial charge in [-0.3, -0.25) is 0 Å². The molecule has 2 nitrogen and oxygen atoms in total. The Labute approximate surface area is 107 Å². The molecule has 0 spiro atoms. The van der Waals surface area contributed by atoms with Crippen LogP contribution in [0.5, 0.6) is 0 Å². The van der Waals surface area contributed by atoms with Gasteiger partial charge in [-0.2, -0.15) is 11.8 Å². The monoisotopic (exact) mass is 249 g/mol. The standard InChI is InChI=1S/C14H19NOS/c1-14(2,17-3)10-15-8-11-9-16-13-7-5-4-6-12(11)13/h4-7,9,15H,8,10H2,1-3H3. The van der Waals surface area contributed by atoms with Gasteiger partial charge < -0.3 is 9.73 Å². The molecule has 1 aromatic heterocycles. The van der Waals surface area contributed by atoms with Crippen LogP contribution in [0.25, 0.3) is 11.0 Å². The van der Waals surface area contributed by atoms with Crippen molar-refractivity contribution in [2.24, 2.45) is 0 Å². The van der Waals surface area contributed by atoms with Crippen LogP contribution in [0.4, 0.5) is 0 Å². The molecular formula is C14H19NOS. The number of furan rings is 1. The SMILES string of the molecule is CSC(C)(C)CNCc1coc2ccccc12. The van der Waals surface area contributed by atoms with Crippen molar-refractivity contribution in [3.8, 4) is 0 Å². The van der Waals surface area contributed by atoms with E-state index in [1.807, 2.05) is 36.2 Å². The molecular weight excluding hydrogens is 230 g/mol. The maximum Gasteiger partial charge on any atom is 0.134 e. The zero-order valence-electron chi connectivity index (χ0n) is 10.6. The summed E-state index contributed by atoms with van der Waals surface area (Å²) in [5.41, 5.74) is 2.20. The van der Waals surface area contributed by atoms with Gasteiger partial charge in [-0.1, -0.05) is 18.2 Å². The number of fused-ring (bicyclic) bond motifs is 1. The minimum atomic E-state index is 0.277. The highest BCUT2D eigenvalue weighted by Crippen LogP contribution is 2.22. The molecule has 2 rings (SSSR count). The van der Waals surface area contributed by atoms with Crippen LogP contribution in [-0.4, -0.2) is 17.5 Å². The summed E-state index contributed by atoms with van der Waals surface area (Å²) in [6.45, 7) is 6.35. The number of benzene rings is 1. The lowest BCUT2D eigenvalue weighted by atomic mass is 10.1. The van der Waals surface area contributed by atoms with Crippen molar-refractivity contribution in [1.82, 2.24) is 5.32 Å². The van der Waals surface area contributed by atoms with Crippen molar-refractivity contribution in [2.45, 2.75) is 25.1 Å². The van der Waals surface area contributed by atoms with E-state index in [0.717, 1.165) is 18.7 Å². The third-order valence-corrected chi connectivity index (χ3v) is 4.23. The van der Waals surface area contributed by atoms with Crippen molar-refractivity contribution in [3.05, 3.63) is 36.1 Å². The van der Waals surface area contributed by atoms with Gasteiger partial charge in [0.15, 0.2) is 0 Å². The third kappa shape index (κ3) is 3.05. The number of para-hydroxylation sites is 1. The number of rotatable bonds is 5. The Kier molecular flexibility index (Phi) is 3.79. The first kappa shape index (κ1) is 12.5. The van der Waals surface area contributed by atoms with E-state index in [1.165, 1.54) is 10.9 Å². The number of hydrogen-bond donors (Lipinski definition) is 1. The summed E-state index contributed by atoms with van der Waals surface area (Å²) in [6, 6.07) is 8.16. The lowest BCUT2D eigenvalue weighted by Gasteiger charge is -2.22. The Hall–Kier alpha value is -0.930. The molecule has 0 aliphatic heterocycles. The molecule has 0 radical (unpaired) electrons. The molecule has 0 saturated heterocycles. The van der Waals surface area contributed by atoms with E-state index in [2.05, 4.69) is 31.5 Å². The van der Waals surface area contributed by atoms with Crippen LogP contribution in [0.3, 0.4) is 0 Å². The second-order valence-corrected chi connectivity index (χ2v) is 6.34. The molecule has 0 aliphatic rings. The molecule has 3 heteroatoms. The second-order valence-electron chi connectivity index (χ2n) is 4.82. The summed E-state index contributed by atoms with van der Waals surface area (Å²) >= 11 is 1.88. The Morgan fingerprint density at radius 2 is 2.06 bits per heavy atom. The first-order valence-corrected chi connectivity index (χ1v) is 7.06. The van der Waals surface area contributed by atoms with Gasteiger partial charge in [-0.15, -0.1) is 0 Å². The maximum atomic E-state index is 5.51. The van der Waals surface area contributed by atoms with E-state index in [1.54, 1.807) is 0 Å². The quantitative estimate of drug-likeness (QED) is 0.875. The topological polar surface area (TPSA) is 25.2 Å². The molecule has 1 N–H and O–H groups in total. The predicted octanol–water partition coefficient (Wildman–Crippen LogP) is 3.66. The minimum Gasteiger partial charge on any atom is -0.464 e. The van der Waals surface area contributed by atoms with Crippen LogP contribution in [-0.2, 0) is 6.54 Å². The van der Waals surface area contributed by atoms with Crippen molar-refractivity contribution in [1.29, 1.82) is 0 Å². The smallest absolute Gasteiger partial charge is 0.134 e. The fourth-order valence-electron chi connectivity index (χ4n) is 1.74. The molecule has 0 aliphatic carbocycles. The molecule has 0 amide bonds. The van der Waals surface area contributed by atoms with E-state index in [-0.39, 0.29) is 4.75 Å². The zero-order valence-corrected chi connectivity index (χ0v) is 11.4. The van der Waals surface area contributed by atoms with E-state index in [4.69, 9.17) is 4.42 Å². The Morgan fingerprint density at radius 1 is 1.29 bits per heavy atom. The van der Waals surface area contributed by atoms with Crippen molar-refractivity contribution >= 4 is 22.7 Å². The Morgan fingerprint density at radius 3 is 2.82 bits per heavy atom. The van der Waals surface area contributed by atoms with E-state index < -0.39 is 0 Å². The Balaban J connectivity index is 2.00. The van der Waals surface area contributed by atoms with Crippen LogP contribution < -0.4 is 5.32 Å². The average Bonchev–Trinajstić information content (AvgIpc) is 2.73. The summed E-state index contributed by atoms with van der Waals surface area (Å²) in [6.07, 6.45) is 4.00. The molecule has 92 valence electrons. The maximum absolute atomic E-state index is 5.51. The van der Waals surface area contributed by atoms with Gasteiger partial charge in [0.1, 0.15) is 5.58 Å². The fraction of sp³-hybridized carbons (Fsp3) is 0.429.